The van der Waals surface area contributed by atoms with Crippen molar-refractivity contribution in [1.29, 1.82) is 0 Å². The van der Waals surface area contributed by atoms with Crippen molar-refractivity contribution < 1.29 is 14.6 Å². The molecule has 0 spiro atoms. The Morgan fingerprint density at radius 1 is 1.78 bits per heavy atom. The van der Waals surface area contributed by atoms with Gasteiger partial charge in [0.25, 0.3) is 0 Å². The molecule has 0 aromatic heterocycles. The number of carbonyl (C=O) groups is 1. The van der Waals surface area contributed by atoms with Gasteiger partial charge in [0.1, 0.15) is 0 Å². The Labute approximate surface area is 53.6 Å². The zero-order valence-corrected chi connectivity index (χ0v) is 5.33. The van der Waals surface area contributed by atoms with Gasteiger partial charge in [-0.3, -0.25) is 4.79 Å². The zero-order valence-electron chi connectivity index (χ0n) is 5.33. The van der Waals surface area contributed by atoms with Crippen LogP contribution >= 0.6 is 0 Å². The molecule has 3 heteroatoms. The van der Waals surface area contributed by atoms with Gasteiger partial charge in [-0.2, -0.15) is 0 Å². The van der Waals surface area contributed by atoms with E-state index in [0.717, 1.165) is 0 Å². The molecule has 1 saturated heterocycles. The monoisotopic (exact) mass is 130 g/mol. The number of hydrogen-bond acceptors (Lipinski definition) is 3. The van der Waals surface area contributed by atoms with Crippen molar-refractivity contribution in [2.24, 2.45) is 5.92 Å². The second kappa shape index (κ2) is 2.35. The highest BCUT2D eigenvalue weighted by Crippen LogP contribution is 2.13. The first-order valence-corrected chi connectivity index (χ1v) is 3.04. The van der Waals surface area contributed by atoms with Crippen LogP contribution in [-0.4, -0.2) is 23.8 Å². The molecule has 0 aromatic rings. The van der Waals surface area contributed by atoms with Crippen LogP contribution in [0, 0.1) is 5.92 Å². The van der Waals surface area contributed by atoms with Crippen LogP contribution in [0.3, 0.4) is 0 Å². The standard InChI is InChI=1S/C6H10O3/c1-4-3-9-6(8)2-5(4)7/h4-5,7H,2-3H2,1H3. The third-order valence-electron chi connectivity index (χ3n) is 1.54. The van der Waals surface area contributed by atoms with E-state index in [-0.39, 0.29) is 18.3 Å². The molecule has 3 nitrogen and oxygen atoms in total. The lowest BCUT2D eigenvalue weighted by molar-refractivity contribution is -0.155. The van der Waals surface area contributed by atoms with Gasteiger partial charge in [0, 0.05) is 5.92 Å². The number of ether oxygens (including phenoxy) is 1. The van der Waals surface area contributed by atoms with E-state index in [2.05, 4.69) is 4.74 Å². The van der Waals surface area contributed by atoms with Crippen molar-refractivity contribution in [3.63, 3.8) is 0 Å². The molecular formula is C6H10O3. The van der Waals surface area contributed by atoms with Crippen LogP contribution in [0.15, 0.2) is 0 Å². The molecule has 52 valence electrons. The fourth-order valence-electron chi connectivity index (χ4n) is 0.766. The summed E-state index contributed by atoms with van der Waals surface area (Å²) in [5.41, 5.74) is 0. The van der Waals surface area contributed by atoms with Crippen LogP contribution in [0.1, 0.15) is 13.3 Å². The molecule has 0 bridgehead atoms. The van der Waals surface area contributed by atoms with E-state index in [1.807, 2.05) is 6.92 Å². The second-order valence-electron chi connectivity index (χ2n) is 2.43. The Hall–Kier alpha value is -0.570. The Bertz CT molecular complexity index is 121. The van der Waals surface area contributed by atoms with E-state index >= 15 is 0 Å². The highest BCUT2D eigenvalue weighted by Gasteiger charge is 2.24. The smallest absolute Gasteiger partial charge is 0.308 e. The van der Waals surface area contributed by atoms with Gasteiger partial charge in [-0.15, -0.1) is 0 Å². The van der Waals surface area contributed by atoms with Crippen LogP contribution in [0.25, 0.3) is 0 Å². The number of aliphatic hydroxyl groups excluding tert-OH is 1. The number of rotatable bonds is 0. The lowest BCUT2D eigenvalue weighted by Crippen LogP contribution is -2.32. The van der Waals surface area contributed by atoms with Crippen molar-refractivity contribution in [2.45, 2.75) is 19.4 Å². The summed E-state index contributed by atoms with van der Waals surface area (Å²) >= 11 is 0. The third kappa shape index (κ3) is 1.42. The summed E-state index contributed by atoms with van der Waals surface area (Å²) in [6.45, 7) is 2.22. The molecule has 2 atom stereocenters. The maximum absolute atomic E-state index is 10.4. The van der Waals surface area contributed by atoms with Crippen LogP contribution in [0.5, 0.6) is 0 Å². The molecular weight excluding hydrogens is 120 g/mol. The first kappa shape index (κ1) is 6.55. The maximum Gasteiger partial charge on any atom is 0.308 e. The molecule has 1 rings (SSSR count). The lowest BCUT2D eigenvalue weighted by atomic mass is 10.0. The van der Waals surface area contributed by atoms with Crippen molar-refractivity contribution >= 4 is 5.97 Å². The fourth-order valence-corrected chi connectivity index (χ4v) is 0.766. The van der Waals surface area contributed by atoms with Gasteiger partial charge in [0.2, 0.25) is 0 Å². The summed E-state index contributed by atoms with van der Waals surface area (Å²) < 4.78 is 4.66. The van der Waals surface area contributed by atoms with Gasteiger partial charge < -0.3 is 9.84 Å². The molecule has 1 fully saturated rings. The van der Waals surface area contributed by atoms with Gasteiger partial charge in [-0.25, -0.2) is 0 Å². The fraction of sp³-hybridized carbons (Fsp3) is 0.833. The number of hydrogen-bond donors (Lipinski definition) is 1. The Morgan fingerprint density at radius 2 is 2.44 bits per heavy atom. The lowest BCUT2D eigenvalue weighted by Gasteiger charge is -2.22. The minimum Gasteiger partial charge on any atom is -0.465 e. The quantitative estimate of drug-likeness (QED) is 0.467. The third-order valence-corrected chi connectivity index (χ3v) is 1.54. The predicted octanol–water partition coefficient (Wildman–Crippen LogP) is -0.0697. The van der Waals surface area contributed by atoms with Gasteiger partial charge in [-0.05, 0) is 0 Å². The summed E-state index contributed by atoms with van der Waals surface area (Å²) in [4.78, 5) is 10.4. The van der Waals surface area contributed by atoms with Crippen LogP contribution < -0.4 is 0 Å². The van der Waals surface area contributed by atoms with Crippen molar-refractivity contribution in [3.05, 3.63) is 0 Å². The topological polar surface area (TPSA) is 46.5 Å². The molecule has 1 aliphatic rings. The summed E-state index contributed by atoms with van der Waals surface area (Å²) in [6.07, 6.45) is -0.340. The maximum atomic E-state index is 10.4. The minimum atomic E-state index is -0.494. The van der Waals surface area contributed by atoms with Crippen molar-refractivity contribution in [2.75, 3.05) is 6.61 Å². The molecule has 1 N–H and O–H groups in total. The number of aliphatic hydroxyl groups is 1. The SMILES string of the molecule is CC1COC(=O)CC1O. The summed E-state index contributed by atoms with van der Waals surface area (Å²) in [6, 6.07) is 0. The number of carbonyl (C=O) groups excluding carboxylic acids is 1. The Balaban J connectivity index is 2.44. The second-order valence-corrected chi connectivity index (χ2v) is 2.43. The van der Waals surface area contributed by atoms with E-state index in [9.17, 15) is 4.79 Å². The average Bonchev–Trinajstić information content (AvgIpc) is 1.80. The van der Waals surface area contributed by atoms with Gasteiger partial charge in [0.05, 0.1) is 19.1 Å². The van der Waals surface area contributed by atoms with Crippen LogP contribution in [-0.2, 0) is 9.53 Å². The molecule has 0 saturated carbocycles. The predicted molar refractivity (Wildman–Crippen MR) is 30.7 cm³/mol. The Kier molecular flexibility index (Phi) is 1.71. The molecule has 1 aliphatic heterocycles. The van der Waals surface area contributed by atoms with E-state index in [1.54, 1.807) is 0 Å². The summed E-state index contributed by atoms with van der Waals surface area (Å²) in [5.74, 6) is -0.191. The van der Waals surface area contributed by atoms with Gasteiger partial charge >= 0.3 is 5.97 Å². The normalized spacial score (nSPS) is 36.0. The molecule has 0 amide bonds. The van der Waals surface area contributed by atoms with Crippen molar-refractivity contribution in [1.82, 2.24) is 0 Å². The molecule has 0 radical (unpaired) electrons. The largest absolute Gasteiger partial charge is 0.465 e. The van der Waals surface area contributed by atoms with Crippen LogP contribution in [0.2, 0.25) is 0 Å². The van der Waals surface area contributed by atoms with E-state index in [0.29, 0.717) is 6.61 Å². The molecule has 0 aliphatic carbocycles. The molecule has 0 aromatic carbocycles. The first-order chi connectivity index (χ1) is 4.20. The average molecular weight is 130 g/mol. The van der Waals surface area contributed by atoms with E-state index in [1.165, 1.54) is 0 Å². The molecule has 2 unspecified atom stereocenters. The Morgan fingerprint density at radius 3 is 2.89 bits per heavy atom. The molecule has 9 heavy (non-hydrogen) atoms. The molecule has 1 heterocycles. The van der Waals surface area contributed by atoms with E-state index < -0.39 is 6.10 Å². The highest BCUT2D eigenvalue weighted by molar-refractivity contribution is 5.70. The first-order valence-electron chi connectivity index (χ1n) is 3.04. The minimum absolute atomic E-state index is 0.0997. The highest BCUT2D eigenvalue weighted by atomic mass is 16.5. The number of cyclic esters (lactones) is 1. The van der Waals surface area contributed by atoms with Crippen LogP contribution in [0.4, 0.5) is 0 Å². The zero-order chi connectivity index (χ0) is 6.85. The summed E-state index contributed by atoms with van der Waals surface area (Å²) in [5, 5.41) is 9.05. The summed E-state index contributed by atoms with van der Waals surface area (Å²) in [7, 11) is 0. The van der Waals surface area contributed by atoms with Gasteiger partial charge in [0.15, 0.2) is 0 Å². The van der Waals surface area contributed by atoms with Gasteiger partial charge in [-0.1, -0.05) is 6.92 Å². The number of esters is 1. The van der Waals surface area contributed by atoms with E-state index in [4.69, 9.17) is 5.11 Å². The van der Waals surface area contributed by atoms with Crippen molar-refractivity contribution in [3.8, 4) is 0 Å².